The van der Waals surface area contributed by atoms with E-state index in [2.05, 4.69) is 226 Å². The van der Waals surface area contributed by atoms with Crippen LogP contribution in [0.15, 0.2) is 212 Å². The van der Waals surface area contributed by atoms with Crippen LogP contribution in [0.2, 0.25) is 0 Å². The van der Waals surface area contributed by atoms with Gasteiger partial charge in [-0.25, -0.2) is 0 Å². The molecule has 0 fully saturated rings. The Balaban J connectivity index is 1.03. The first-order valence-electron chi connectivity index (χ1n) is 19.6. The highest BCUT2D eigenvalue weighted by molar-refractivity contribution is 6.13. The van der Waals surface area contributed by atoms with Gasteiger partial charge >= 0.3 is 0 Å². The maximum atomic E-state index is 2.44. The number of rotatable bonds is 5. The molecule has 12 aromatic rings. The van der Waals surface area contributed by atoms with E-state index in [1.54, 1.807) is 0 Å². The fraction of sp³-hybridized carbons (Fsp3) is 0. The van der Waals surface area contributed by atoms with E-state index in [4.69, 9.17) is 0 Å². The topological polar surface area (TPSA) is 14.8 Å². The minimum absolute atomic E-state index is 1.13. The number of hydrogen-bond donors (Lipinski definition) is 0. The van der Waals surface area contributed by atoms with Crippen molar-refractivity contribution in [2.75, 3.05) is 0 Å². The van der Waals surface area contributed by atoms with Crippen molar-refractivity contribution in [2.45, 2.75) is 0 Å². The SMILES string of the molecule is c1ccc(-c2ccc(-c3cccc(-n4c5ccccc5c5ccc(-n6c7ccccc7c7cc(-n8c9ccccc9c9ccccc98)ccc76)cc54)c3)cc2)cc1. The van der Waals surface area contributed by atoms with Crippen LogP contribution in [-0.4, -0.2) is 13.7 Å². The average molecular weight is 726 g/mol. The highest BCUT2D eigenvalue weighted by atomic mass is 15.0. The summed E-state index contributed by atoms with van der Waals surface area (Å²) < 4.78 is 7.28. The van der Waals surface area contributed by atoms with Crippen LogP contribution in [0, 0.1) is 0 Å². The maximum Gasteiger partial charge on any atom is 0.0561 e. The Bertz CT molecular complexity index is 3450. The lowest BCUT2D eigenvalue weighted by Crippen LogP contribution is -1.98. The van der Waals surface area contributed by atoms with Crippen molar-refractivity contribution in [3.63, 3.8) is 0 Å². The van der Waals surface area contributed by atoms with E-state index in [0.717, 1.165) is 17.1 Å². The summed E-state index contributed by atoms with van der Waals surface area (Å²) in [6, 6.07) is 77.4. The van der Waals surface area contributed by atoms with Crippen molar-refractivity contribution in [2.24, 2.45) is 0 Å². The number of aromatic nitrogens is 3. The van der Waals surface area contributed by atoms with Crippen molar-refractivity contribution < 1.29 is 0 Å². The van der Waals surface area contributed by atoms with Gasteiger partial charge in [0.1, 0.15) is 0 Å². The van der Waals surface area contributed by atoms with Crippen LogP contribution in [0.1, 0.15) is 0 Å². The van der Waals surface area contributed by atoms with Gasteiger partial charge in [0.25, 0.3) is 0 Å². The molecule has 0 aliphatic rings. The molecule has 0 amide bonds. The predicted molar refractivity (Wildman–Crippen MR) is 240 cm³/mol. The summed E-state index contributed by atoms with van der Waals surface area (Å²) in [5.41, 5.74) is 15.4. The molecule has 57 heavy (non-hydrogen) atoms. The van der Waals surface area contributed by atoms with E-state index in [1.165, 1.54) is 87.7 Å². The molecular weight excluding hydrogens is 691 g/mol. The molecule has 0 spiro atoms. The van der Waals surface area contributed by atoms with Crippen LogP contribution in [0.5, 0.6) is 0 Å². The molecule has 0 aliphatic carbocycles. The van der Waals surface area contributed by atoms with Crippen molar-refractivity contribution in [3.05, 3.63) is 212 Å². The van der Waals surface area contributed by atoms with E-state index >= 15 is 0 Å². The molecule has 0 N–H and O–H groups in total. The van der Waals surface area contributed by atoms with Gasteiger partial charge < -0.3 is 13.7 Å². The average Bonchev–Trinajstić information content (AvgIpc) is 3.92. The molecule has 0 radical (unpaired) electrons. The zero-order chi connectivity index (χ0) is 37.5. The van der Waals surface area contributed by atoms with Crippen LogP contribution in [-0.2, 0) is 0 Å². The normalized spacial score (nSPS) is 11.9. The fourth-order valence-electron chi connectivity index (χ4n) is 9.27. The zero-order valence-corrected chi connectivity index (χ0v) is 31.0. The van der Waals surface area contributed by atoms with Crippen molar-refractivity contribution in [3.8, 4) is 39.3 Å². The molecule has 266 valence electrons. The van der Waals surface area contributed by atoms with E-state index in [1.807, 2.05) is 0 Å². The van der Waals surface area contributed by atoms with Gasteiger partial charge in [-0.3, -0.25) is 0 Å². The molecule has 0 saturated heterocycles. The van der Waals surface area contributed by atoms with Crippen molar-refractivity contribution in [1.82, 2.24) is 13.7 Å². The monoisotopic (exact) mass is 725 g/mol. The van der Waals surface area contributed by atoms with Gasteiger partial charge in [0.05, 0.1) is 33.1 Å². The van der Waals surface area contributed by atoms with Crippen LogP contribution in [0.4, 0.5) is 0 Å². The van der Waals surface area contributed by atoms with E-state index < -0.39 is 0 Å². The molecule has 3 heterocycles. The molecule has 3 aromatic heterocycles. The van der Waals surface area contributed by atoms with Crippen LogP contribution >= 0.6 is 0 Å². The first kappa shape index (κ1) is 31.7. The molecule has 0 unspecified atom stereocenters. The zero-order valence-electron chi connectivity index (χ0n) is 31.0. The Labute approximate surface area is 329 Å². The third-order valence-corrected chi connectivity index (χ3v) is 11.8. The van der Waals surface area contributed by atoms with Gasteiger partial charge in [0, 0.05) is 49.4 Å². The van der Waals surface area contributed by atoms with E-state index in [-0.39, 0.29) is 0 Å². The first-order chi connectivity index (χ1) is 28.3. The summed E-state index contributed by atoms with van der Waals surface area (Å²) in [4.78, 5) is 0. The van der Waals surface area contributed by atoms with Crippen LogP contribution in [0.25, 0.3) is 105 Å². The van der Waals surface area contributed by atoms with Gasteiger partial charge in [-0.2, -0.15) is 0 Å². The van der Waals surface area contributed by atoms with E-state index in [9.17, 15) is 0 Å². The minimum Gasteiger partial charge on any atom is -0.309 e. The number of hydrogen-bond acceptors (Lipinski definition) is 0. The number of benzene rings is 9. The third-order valence-electron chi connectivity index (χ3n) is 11.8. The van der Waals surface area contributed by atoms with Gasteiger partial charge in [-0.05, 0) is 89.0 Å². The smallest absolute Gasteiger partial charge is 0.0561 e. The standard InChI is InChI=1S/C54H35N3/c1-2-13-36(14-3-1)37-25-27-38(28-26-37)39-15-12-16-40(33-39)57-51-23-10-6-19-45(51)47-31-29-42(35-54(47)57)56-52-24-11-7-20-46(52)48-34-41(30-32-53(48)56)55-49-21-8-4-17-43(49)44-18-5-9-22-50(44)55/h1-35H. The molecule has 3 nitrogen and oxygen atoms in total. The molecule has 0 aliphatic heterocycles. The van der Waals surface area contributed by atoms with Gasteiger partial charge in [0.15, 0.2) is 0 Å². The molecule has 0 bridgehead atoms. The Morgan fingerprint density at radius 2 is 0.579 bits per heavy atom. The number of fused-ring (bicyclic) bond motifs is 9. The van der Waals surface area contributed by atoms with Gasteiger partial charge in [-0.1, -0.05) is 146 Å². The van der Waals surface area contributed by atoms with Crippen LogP contribution in [0.3, 0.4) is 0 Å². The molecule has 12 rings (SSSR count). The molecule has 0 atom stereocenters. The molecule has 3 heteroatoms. The fourth-order valence-corrected chi connectivity index (χ4v) is 9.27. The summed E-state index contributed by atoms with van der Waals surface area (Å²) in [5, 5.41) is 7.49. The minimum atomic E-state index is 1.13. The number of nitrogens with zero attached hydrogens (tertiary/aromatic N) is 3. The number of para-hydroxylation sites is 4. The second-order valence-corrected chi connectivity index (χ2v) is 15.0. The Kier molecular flexibility index (Phi) is 6.93. The Morgan fingerprint density at radius 3 is 1.18 bits per heavy atom. The lowest BCUT2D eigenvalue weighted by atomic mass is 10.00. The Hall–Kier alpha value is -7.62. The summed E-state index contributed by atoms with van der Waals surface area (Å²) in [6.07, 6.45) is 0. The van der Waals surface area contributed by atoms with E-state index in [0.29, 0.717) is 0 Å². The highest BCUT2D eigenvalue weighted by Gasteiger charge is 2.19. The Morgan fingerprint density at radius 1 is 0.193 bits per heavy atom. The van der Waals surface area contributed by atoms with Gasteiger partial charge in [-0.15, -0.1) is 0 Å². The lowest BCUT2D eigenvalue weighted by molar-refractivity contribution is 1.15. The second-order valence-electron chi connectivity index (χ2n) is 15.0. The second kappa shape index (κ2) is 12.5. The third kappa shape index (κ3) is 4.86. The quantitative estimate of drug-likeness (QED) is 0.168. The molecule has 9 aromatic carbocycles. The summed E-state index contributed by atoms with van der Waals surface area (Å²) >= 11 is 0. The predicted octanol–water partition coefficient (Wildman–Crippen LogP) is 14.3. The van der Waals surface area contributed by atoms with Crippen molar-refractivity contribution >= 4 is 65.4 Å². The van der Waals surface area contributed by atoms with Crippen molar-refractivity contribution in [1.29, 1.82) is 0 Å². The lowest BCUT2D eigenvalue weighted by Gasteiger charge is -2.13. The highest BCUT2D eigenvalue weighted by Crippen LogP contribution is 2.39. The molecule has 0 saturated carbocycles. The largest absolute Gasteiger partial charge is 0.309 e. The summed E-state index contributed by atoms with van der Waals surface area (Å²) in [5.74, 6) is 0. The van der Waals surface area contributed by atoms with Crippen LogP contribution < -0.4 is 0 Å². The van der Waals surface area contributed by atoms with Gasteiger partial charge in [0.2, 0.25) is 0 Å². The summed E-state index contributed by atoms with van der Waals surface area (Å²) in [7, 11) is 0. The molecular formula is C54H35N3. The maximum absolute atomic E-state index is 2.44. The summed E-state index contributed by atoms with van der Waals surface area (Å²) in [6.45, 7) is 0. The first-order valence-corrected chi connectivity index (χ1v) is 19.6.